The molecule has 0 N–H and O–H groups in total. The largest absolute Gasteiger partial charge is 0.462 e. The monoisotopic (exact) mass is 231 g/mol. The second kappa shape index (κ2) is 5.30. The summed E-state index contributed by atoms with van der Waals surface area (Å²) in [7, 11) is -1.90. The van der Waals surface area contributed by atoms with Gasteiger partial charge in [0.1, 0.15) is 6.21 Å². The van der Waals surface area contributed by atoms with E-state index in [0.29, 0.717) is 6.61 Å². The van der Waals surface area contributed by atoms with Crippen LogP contribution in [-0.2, 0) is 14.1 Å². The van der Waals surface area contributed by atoms with Crippen LogP contribution in [0.4, 0.5) is 0 Å². The summed E-state index contributed by atoms with van der Waals surface area (Å²) in [5.74, 6) is -0.462. The van der Waals surface area contributed by atoms with E-state index in [0.717, 1.165) is 6.21 Å². The highest BCUT2D eigenvalue weighted by Gasteiger charge is 2.39. The molecule has 0 fully saturated rings. The number of rotatable bonds is 4. The van der Waals surface area contributed by atoms with Gasteiger partial charge in [0.05, 0.1) is 6.61 Å². The van der Waals surface area contributed by atoms with Gasteiger partial charge in [-0.05, 0) is 25.1 Å². The average molecular weight is 231 g/mol. The van der Waals surface area contributed by atoms with Crippen LogP contribution < -0.4 is 0 Å². The molecule has 0 radical (unpaired) electrons. The van der Waals surface area contributed by atoms with Crippen molar-refractivity contribution in [2.75, 3.05) is 6.61 Å². The van der Waals surface area contributed by atoms with Gasteiger partial charge in [-0.1, -0.05) is 20.8 Å². The zero-order chi connectivity index (χ0) is 12.1. The predicted octanol–water partition coefficient (Wildman–Crippen LogP) is 2.56. The van der Waals surface area contributed by atoms with Crippen LogP contribution >= 0.6 is 0 Å². The molecule has 0 spiro atoms. The van der Waals surface area contributed by atoms with E-state index in [1.54, 1.807) is 6.92 Å². The van der Waals surface area contributed by atoms with Crippen molar-refractivity contribution < 1.29 is 14.1 Å². The van der Waals surface area contributed by atoms with Gasteiger partial charge in [-0.25, -0.2) is 4.79 Å². The Morgan fingerprint density at radius 1 is 1.40 bits per heavy atom. The van der Waals surface area contributed by atoms with Gasteiger partial charge in [-0.15, -0.1) is 5.16 Å². The third kappa shape index (κ3) is 4.97. The molecule has 0 aromatic heterocycles. The van der Waals surface area contributed by atoms with Gasteiger partial charge in [-0.3, -0.25) is 0 Å². The molecule has 0 amide bonds. The molecule has 0 heterocycles. The second-order valence-electron chi connectivity index (χ2n) is 4.84. The van der Waals surface area contributed by atoms with Crippen LogP contribution in [-0.4, -0.2) is 27.1 Å². The Bertz CT molecular complexity index is 244. The van der Waals surface area contributed by atoms with E-state index in [1.807, 2.05) is 0 Å². The molecule has 5 heteroatoms. The number of carbonyl (C=O) groups excluding carboxylic acids is 1. The highest BCUT2D eigenvalue weighted by molar-refractivity contribution is 6.74. The summed E-state index contributed by atoms with van der Waals surface area (Å²) >= 11 is 0. The van der Waals surface area contributed by atoms with E-state index in [4.69, 9.17) is 4.53 Å². The third-order valence-electron chi connectivity index (χ3n) is 2.53. The molecule has 0 aliphatic heterocycles. The fraction of sp³-hybridized carbons (Fsp3) is 0.800. The van der Waals surface area contributed by atoms with E-state index in [-0.39, 0.29) is 5.04 Å². The van der Waals surface area contributed by atoms with Gasteiger partial charge in [-0.2, -0.15) is 0 Å². The minimum Gasteiger partial charge on any atom is -0.462 e. The molecule has 0 aliphatic rings. The average Bonchev–Trinajstić information content (AvgIpc) is 2.01. The quantitative estimate of drug-likeness (QED) is 0.323. The molecule has 0 saturated carbocycles. The molecule has 15 heavy (non-hydrogen) atoms. The van der Waals surface area contributed by atoms with Crippen molar-refractivity contribution >= 4 is 20.5 Å². The van der Waals surface area contributed by atoms with E-state index >= 15 is 0 Å². The Kier molecular flexibility index (Phi) is 5.00. The van der Waals surface area contributed by atoms with Crippen molar-refractivity contribution in [2.24, 2.45) is 5.16 Å². The molecule has 0 saturated heterocycles. The molecule has 88 valence electrons. The molecular formula is C10H21NO3Si. The summed E-state index contributed by atoms with van der Waals surface area (Å²) in [4.78, 5) is 10.9. The van der Waals surface area contributed by atoms with Crippen molar-refractivity contribution in [3.63, 3.8) is 0 Å². The first-order valence-corrected chi connectivity index (χ1v) is 8.00. The van der Waals surface area contributed by atoms with Gasteiger partial charge >= 0.3 is 5.97 Å². The first-order chi connectivity index (χ1) is 6.70. The summed E-state index contributed by atoms with van der Waals surface area (Å²) in [5, 5.41) is 3.77. The summed E-state index contributed by atoms with van der Waals surface area (Å²) in [5.41, 5.74) is 0. The number of hydrogen-bond donors (Lipinski definition) is 0. The lowest BCUT2D eigenvalue weighted by atomic mass is 10.2. The summed E-state index contributed by atoms with van der Waals surface area (Å²) in [6.07, 6.45) is 1.09. The Morgan fingerprint density at radius 3 is 2.33 bits per heavy atom. The molecule has 0 aromatic rings. The molecule has 0 rings (SSSR count). The van der Waals surface area contributed by atoms with E-state index in [2.05, 4.69) is 43.8 Å². The Labute approximate surface area is 92.8 Å². The number of hydrogen-bond acceptors (Lipinski definition) is 4. The van der Waals surface area contributed by atoms with Crippen molar-refractivity contribution in [2.45, 2.75) is 45.8 Å². The standard InChI is InChI=1S/C10H21NO3Si/c1-7-13-9(12)8-11-14-15(5,6)10(2,3)4/h8H,7H2,1-6H3. The SMILES string of the molecule is CCOC(=O)C=NO[Si](C)(C)C(C)(C)C. The Balaban J connectivity index is 4.21. The topological polar surface area (TPSA) is 47.9 Å². The van der Waals surface area contributed by atoms with Crippen LogP contribution in [0, 0.1) is 0 Å². The van der Waals surface area contributed by atoms with Crippen molar-refractivity contribution in [3.8, 4) is 0 Å². The molecule has 0 aromatic carbocycles. The number of ether oxygens (including phenoxy) is 1. The van der Waals surface area contributed by atoms with E-state index < -0.39 is 14.3 Å². The molecule has 0 aliphatic carbocycles. The third-order valence-corrected chi connectivity index (χ3v) is 6.71. The van der Waals surface area contributed by atoms with Crippen LogP contribution in [0.5, 0.6) is 0 Å². The second-order valence-corrected chi connectivity index (χ2v) is 9.54. The zero-order valence-corrected chi connectivity index (χ0v) is 11.5. The summed E-state index contributed by atoms with van der Waals surface area (Å²) in [6, 6.07) is 0. The van der Waals surface area contributed by atoms with Crippen LogP contribution in [0.1, 0.15) is 27.7 Å². The normalized spacial score (nSPS) is 12.9. The Morgan fingerprint density at radius 2 is 1.93 bits per heavy atom. The van der Waals surface area contributed by atoms with Gasteiger partial charge < -0.3 is 9.26 Å². The number of oxime groups is 1. The highest BCUT2D eigenvalue weighted by atomic mass is 28.4. The maximum atomic E-state index is 10.9. The number of carbonyl (C=O) groups is 1. The predicted molar refractivity (Wildman–Crippen MR) is 63.4 cm³/mol. The lowest BCUT2D eigenvalue weighted by Crippen LogP contribution is -2.39. The molecular weight excluding hydrogens is 210 g/mol. The first kappa shape index (κ1) is 14.2. The fourth-order valence-electron chi connectivity index (χ4n) is 0.518. The number of nitrogens with zero attached hydrogens (tertiary/aromatic N) is 1. The maximum absolute atomic E-state index is 10.9. The summed E-state index contributed by atoms with van der Waals surface area (Å²) in [6.45, 7) is 12.6. The van der Waals surface area contributed by atoms with Crippen molar-refractivity contribution in [3.05, 3.63) is 0 Å². The van der Waals surface area contributed by atoms with Crippen molar-refractivity contribution in [1.29, 1.82) is 0 Å². The number of esters is 1. The zero-order valence-electron chi connectivity index (χ0n) is 10.5. The fourth-order valence-corrected chi connectivity index (χ4v) is 1.11. The summed E-state index contributed by atoms with van der Waals surface area (Å²) < 4.78 is 10.1. The van der Waals surface area contributed by atoms with Crippen LogP contribution in [0.3, 0.4) is 0 Å². The highest BCUT2D eigenvalue weighted by Crippen LogP contribution is 2.36. The van der Waals surface area contributed by atoms with Gasteiger partial charge in [0, 0.05) is 0 Å². The molecule has 0 atom stereocenters. The molecule has 0 unspecified atom stereocenters. The van der Waals surface area contributed by atoms with E-state index in [9.17, 15) is 4.79 Å². The lowest BCUT2D eigenvalue weighted by molar-refractivity contribution is -0.134. The van der Waals surface area contributed by atoms with Crippen LogP contribution in [0.25, 0.3) is 0 Å². The van der Waals surface area contributed by atoms with Crippen molar-refractivity contribution in [1.82, 2.24) is 0 Å². The van der Waals surface area contributed by atoms with Gasteiger partial charge in [0.25, 0.3) is 8.32 Å². The Hall–Kier alpha value is -0.843. The first-order valence-electron chi connectivity index (χ1n) is 5.09. The minimum absolute atomic E-state index is 0.0823. The maximum Gasteiger partial charge on any atom is 0.352 e. The molecule has 0 bridgehead atoms. The van der Waals surface area contributed by atoms with E-state index in [1.165, 1.54) is 0 Å². The molecule has 4 nitrogen and oxygen atoms in total. The smallest absolute Gasteiger partial charge is 0.352 e. The van der Waals surface area contributed by atoms with Gasteiger partial charge in [0.15, 0.2) is 0 Å². The van der Waals surface area contributed by atoms with Gasteiger partial charge in [0.2, 0.25) is 0 Å². The minimum atomic E-state index is -1.90. The van der Waals surface area contributed by atoms with Crippen LogP contribution in [0.15, 0.2) is 5.16 Å². The van der Waals surface area contributed by atoms with Crippen LogP contribution in [0.2, 0.25) is 18.1 Å². The lowest BCUT2D eigenvalue weighted by Gasteiger charge is -2.32.